The number of hydrogen-bond acceptors (Lipinski definition) is 8. The predicted octanol–water partition coefficient (Wildman–Crippen LogP) is 2.83. The van der Waals surface area contributed by atoms with Crippen molar-refractivity contribution in [1.29, 1.82) is 0 Å². The van der Waals surface area contributed by atoms with Crippen LogP contribution in [0, 0.1) is 5.82 Å². The van der Waals surface area contributed by atoms with Gasteiger partial charge in [-0.2, -0.15) is 0 Å². The largest absolute Gasteiger partial charge is 0.486 e. The molecule has 0 radical (unpaired) electrons. The number of aliphatic hydroxyl groups excluding tert-OH is 1. The first-order valence-corrected chi connectivity index (χ1v) is 10.8. The molecule has 3 aliphatic rings. The minimum atomic E-state index is -0.848. The first kappa shape index (κ1) is 20.7. The third-order valence-corrected chi connectivity index (χ3v) is 6.12. The van der Waals surface area contributed by atoms with Crippen molar-refractivity contribution in [2.45, 2.75) is 50.8 Å². The van der Waals surface area contributed by atoms with Crippen LogP contribution in [0.25, 0.3) is 11.3 Å². The van der Waals surface area contributed by atoms with Crippen LogP contribution in [-0.4, -0.2) is 65.4 Å². The molecule has 3 aliphatic heterocycles. The number of aliphatic hydroxyl groups is 1. The summed E-state index contributed by atoms with van der Waals surface area (Å²) in [7, 11) is 0. The molecule has 0 spiro atoms. The van der Waals surface area contributed by atoms with E-state index in [-0.39, 0.29) is 23.9 Å². The van der Waals surface area contributed by atoms with Gasteiger partial charge < -0.3 is 29.5 Å². The Labute approximate surface area is 184 Å². The van der Waals surface area contributed by atoms with Gasteiger partial charge in [-0.3, -0.25) is 0 Å². The molecule has 31 heavy (non-hydrogen) atoms. The van der Waals surface area contributed by atoms with Crippen LogP contribution in [0.3, 0.4) is 0 Å². The van der Waals surface area contributed by atoms with E-state index in [1.54, 1.807) is 0 Å². The van der Waals surface area contributed by atoms with Crippen molar-refractivity contribution in [2.24, 2.45) is 0 Å². The average Bonchev–Trinajstić information content (AvgIpc) is 3.16. The fraction of sp³-hybridized carbons (Fsp3) is 0.524. The summed E-state index contributed by atoms with van der Waals surface area (Å²) in [5, 5.41) is 13.9. The standard InChI is InChI=1S/C21H24ClFN4O4/c1-10(2)27-3-4-29-19-14(23)5-11(6-16(19)27)17-13(22)8-24-21(26-17)25-15-7-12-9-30-20(31-12)18(15)28/h5-6,8,10,12,15,18,20,28H,3-4,7,9H2,1-2H3,(H,24,25,26)/t12-,15+,18-,20+/m0/s1. The van der Waals surface area contributed by atoms with Gasteiger partial charge in [-0.15, -0.1) is 0 Å². The highest BCUT2D eigenvalue weighted by Gasteiger charge is 2.43. The molecular formula is C21H24ClFN4O4. The molecule has 2 aromatic rings. The lowest BCUT2D eigenvalue weighted by molar-refractivity contribution is -0.156. The summed E-state index contributed by atoms with van der Waals surface area (Å²) in [5.41, 5.74) is 1.60. The van der Waals surface area contributed by atoms with Gasteiger partial charge >= 0.3 is 0 Å². The van der Waals surface area contributed by atoms with Gasteiger partial charge in [0.25, 0.3) is 0 Å². The number of halogens is 2. The zero-order chi connectivity index (χ0) is 21.7. The summed E-state index contributed by atoms with van der Waals surface area (Å²) in [5.74, 6) is 0.0727. The van der Waals surface area contributed by atoms with Crippen molar-refractivity contribution < 1.29 is 23.7 Å². The van der Waals surface area contributed by atoms with Crippen LogP contribution in [0.1, 0.15) is 20.3 Å². The number of benzene rings is 1. The van der Waals surface area contributed by atoms with Gasteiger partial charge in [0.2, 0.25) is 5.95 Å². The van der Waals surface area contributed by atoms with E-state index in [1.165, 1.54) is 12.3 Å². The van der Waals surface area contributed by atoms with Gasteiger partial charge in [0.1, 0.15) is 12.7 Å². The van der Waals surface area contributed by atoms with Crippen molar-refractivity contribution >= 4 is 23.2 Å². The van der Waals surface area contributed by atoms with Crippen LogP contribution in [0.4, 0.5) is 16.0 Å². The van der Waals surface area contributed by atoms with Crippen LogP contribution < -0.4 is 15.0 Å². The fourth-order valence-electron chi connectivity index (χ4n) is 4.31. The fourth-order valence-corrected chi connectivity index (χ4v) is 4.51. The van der Waals surface area contributed by atoms with E-state index in [9.17, 15) is 9.50 Å². The minimum absolute atomic E-state index is 0.0746. The lowest BCUT2D eigenvalue weighted by Gasteiger charge is -2.35. The molecule has 0 aliphatic carbocycles. The predicted molar refractivity (Wildman–Crippen MR) is 113 cm³/mol. The first-order valence-electron chi connectivity index (χ1n) is 10.4. The molecule has 2 saturated heterocycles. The molecule has 0 amide bonds. The monoisotopic (exact) mass is 450 g/mol. The summed E-state index contributed by atoms with van der Waals surface area (Å²) >= 11 is 6.38. The third-order valence-electron chi connectivity index (χ3n) is 5.85. The van der Waals surface area contributed by atoms with Gasteiger partial charge in [-0.25, -0.2) is 14.4 Å². The zero-order valence-corrected chi connectivity index (χ0v) is 18.0. The Kier molecular flexibility index (Phi) is 5.37. The molecular weight excluding hydrogens is 427 g/mol. The number of nitrogens with zero attached hydrogens (tertiary/aromatic N) is 3. The van der Waals surface area contributed by atoms with E-state index in [4.69, 9.17) is 25.8 Å². The van der Waals surface area contributed by atoms with Gasteiger partial charge in [-0.1, -0.05) is 11.6 Å². The molecule has 166 valence electrons. The number of rotatable bonds is 4. The summed E-state index contributed by atoms with van der Waals surface area (Å²) in [6.07, 6.45) is 0.457. The summed E-state index contributed by atoms with van der Waals surface area (Å²) in [4.78, 5) is 10.9. The van der Waals surface area contributed by atoms with Crippen molar-refractivity contribution in [2.75, 3.05) is 30.0 Å². The lowest BCUT2D eigenvalue weighted by atomic mass is 10.0. The number of ether oxygens (including phenoxy) is 3. The molecule has 2 fully saturated rings. The highest BCUT2D eigenvalue weighted by atomic mass is 35.5. The van der Waals surface area contributed by atoms with Crippen LogP contribution in [0.15, 0.2) is 18.3 Å². The normalized spacial score (nSPS) is 27.2. The van der Waals surface area contributed by atoms with Gasteiger partial charge in [0.05, 0.1) is 47.9 Å². The van der Waals surface area contributed by atoms with Gasteiger partial charge in [-0.05, 0) is 32.4 Å². The summed E-state index contributed by atoms with van der Waals surface area (Å²) < 4.78 is 31.4. The minimum Gasteiger partial charge on any atom is -0.486 e. The SMILES string of the molecule is CC(C)N1CCOc2c(F)cc(-c3nc(N[C@@H]4C[C@H]5CO[C@H](O5)[C@H]4O)ncc3Cl)cc21. The summed E-state index contributed by atoms with van der Waals surface area (Å²) in [6, 6.07) is 3.07. The lowest BCUT2D eigenvalue weighted by Crippen LogP contribution is -2.48. The van der Waals surface area contributed by atoms with Gasteiger partial charge in [0.15, 0.2) is 17.9 Å². The smallest absolute Gasteiger partial charge is 0.223 e. The Hall–Kier alpha value is -2.20. The maximum absolute atomic E-state index is 14.9. The number of hydrogen-bond donors (Lipinski definition) is 2. The Morgan fingerprint density at radius 3 is 3.00 bits per heavy atom. The molecule has 0 saturated carbocycles. The van der Waals surface area contributed by atoms with Crippen molar-refractivity contribution in [3.05, 3.63) is 29.2 Å². The van der Waals surface area contributed by atoms with Crippen LogP contribution in [0.2, 0.25) is 5.02 Å². The Bertz CT molecular complexity index is 994. The first-order chi connectivity index (χ1) is 14.9. The van der Waals surface area contributed by atoms with Crippen LogP contribution >= 0.6 is 11.6 Å². The van der Waals surface area contributed by atoms with E-state index in [1.807, 2.05) is 6.07 Å². The molecule has 4 atom stereocenters. The van der Waals surface area contributed by atoms with E-state index < -0.39 is 18.2 Å². The van der Waals surface area contributed by atoms with E-state index in [0.29, 0.717) is 54.1 Å². The molecule has 8 nitrogen and oxygen atoms in total. The second-order valence-electron chi connectivity index (χ2n) is 8.27. The Morgan fingerprint density at radius 1 is 1.35 bits per heavy atom. The maximum Gasteiger partial charge on any atom is 0.223 e. The molecule has 5 rings (SSSR count). The van der Waals surface area contributed by atoms with Crippen molar-refractivity contribution in [1.82, 2.24) is 9.97 Å². The summed E-state index contributed by atoms with van der Waals surface area (Å²) in [6.45, 7) is 5.66. The second-order valence-corrected chi connectivity index (χ2v) is 8.68. The van der Waals surface area contributed by atoms with Crippen LogP contribution in [0.5, 0.6) is 5.75 Å². The average molecular weight is 451 g/mol. The molecule has 10 heteroatoms. The Morgan fingerprint density at radius 2 is 2.19 bits per heavy atom. The number of aromatic nitrogens is 2. The van der Waals surface area contributed by atoms with Gasteiger partial charge in [0, 0.05) is 11.6 Å². The van der Waals surface area contributed by atoms with E-state index in [2.05, 4.69) is 34.0 Å². The highest BCUT2D eigenvalue weighted by molar-refractivity contribution is 6.32. The maximum atomic E-state index is 14.9. The van der Waals surface area contributed by atoms with Crippen molar-refractivity contribution in [3.8, 4) is 17.0 Å². The zero-order valence-electron chi connectivity index (χ0n) is 17.2. The molecule has 1 aromatic carbocycles. The molecule has 2 N–H and O–H groups in total. The quantitative estimate of drug-likeness (QED) is 0.735. The number of anilines is 2. The molecule has 0 unspecified atom stereocenters. The molecule has 1 aromatic heterocycles. The van der Waals surface area contributed by atoms with Crippen molar-refractivity contribution in [3.63, 3.8) is 0 Å². The second kappa shape index (κ2) is 8.05. The van der Waals surface area contributed by atoms with E-state index in [0.717, 1.165) is 0 Å². The van der Waals surface area contributed by atoms with E-state index >= 15 is 0 Å². The number of fused-ring (bicyclic) bond motifs is 3. The Balaban J connectivity index is 1.47. The molecule has 2 bridgehead atoms. The topological polar surface area (TPSA) is 89.0 Å². The third kappa shape index (κ3) is 3.80. The number of nitrogens with one attached hydrogen (secondary N) is 1. The highest BCUT2D eigenvalue weighted by Crippen LogP contribution is 2.40. The van der Waals surface area contributed by atoms with Crippen LogP contribution in [-0.2, 0) is 9.47 Å². The molecule has 4 heterocycles.